The van der Waals surface area contributed by atoms with Gasteiger partial charge in [0.1, 0.15) is 23.2 Å². The molecule has 6 aromatic heterocycles. The minimum Gasteiger partial charge on any atom is -0.475 e. The van der Waals surface area contributed by atoms with Gasteiger partial charge < -0.3 is 85.3 Å². The van der Waals surface area contributed by atoms with Crippen LogP contribution in [0.4, 0.5) is 28.7 Å². The Morgan fingerprint density at radius 2 is 1.05 bits per heavy atom. The Kier molecular flexibility index (Phi) is 16.6. The van der Waals surface area contributed by atoms with Gasteiger partial charge in [-0.15, -0.1) is 0 Å². The zero-order valence-electron chi connectivity index (χ0n) is 45.2. The van der Waals surface area contributed by atoms with E-state index in [-0.39, 0.29) is 103 Å². The molecule has 1 fully saturated rings. The molecule has 10 N–H and O–H groups in total. The molecule has 8 rings (SSSR count). The number of likely N-dealkylation sites (N-methyl/N-ethyl adjacent to an activating group) is 1. The molecule has 0 bridgehead atoms. The lowest BCUT2D eigenvalue weighted by atomic mass is 10.0. The van der Waals surface area contributed by atoms with Crippen molar-refractivity contribution in [3.63, 3.8) is 0 Å². The van der Waals surface area contributed by atoms with E-state index in [9.17, 15) is 53.1 Å². The van der Waals surface area contributed by atoms with Crippen LogP contribution in [0.5, 0.6) is 0 Å². The first-order valence-corrected chi connectivity index (χ1v) is 25.2. The summed E-state index contributed by atoms with van der Waals surface area (Å²) in [4.78, 5) is 146. The Morgan fingerprint density at radius 3 is 1.60 bits per heavy atom. The van der Waals surface area contributed by atoms with Gasteiger partial charge in [-0.1, -0.05) is 0 Å². The largest absolute Gasteiger partial charge is 0.475 e. The first-order valence-electron chi connectivity index (χ1n) is 25.2. The number of nitrogens with one attached hydrogen (secondary N) is 9. The Morgan fingerprint density at radius 1 is 0.543 bits per heavy atom. The molecule has 81 heavy (non-hydrogen) atoms. The van der Waals surface area contributed by atoms with Crippen LogP contribution in [0.2, 0.25) is 0 Å². The topological polar surface area (TPSA) is 383 Å². The van der Waals surface area contributed by atoms with Crippen molar-refractivity contribution in [2.75, 3.05) is 59.8 Å². The van der Waals surface area contributed by atoms with Crippen LogP contribution < -0.4 is 47.9 Å². The van der Waals surface area contributed by atoms with Crippen molar-refractivity contribution in [3.8, 4) is 0 Å². The quantitative estimate of drug-likeness (QED) is 0.0402. The molecule has 1 atom stereocenters. The van der Waals surface area contributed by atoms with Gasteiger partial charge >= 0.3 is 5.97 Å². The van der Waals surface area contributed by atoms with Crippen LogP contribution in [0, 0.1) is 5.41 Å². The van der Waals surface area contributed by atoms with Crippen LogP contribution in [-0.2, 0) is 61.5 Å². The molecule has 7 heterocycles. The number of carbonyl (C=O) groups excluding carboxylic acids is 9. The van der Waals surface area contributed by atoms with Crippen LogP contribution in [-0.4, -0.2) is 157 Å². The first kappa shape index (κ1) is 56.8. The van der Waals surface area contributed by atoms with Gasteiger partial charge in [-0.2, -0.15) is 0 Å². The number of amidine groups is 1. The van der Waals surface area contributed by atoms with Crippen LogP contribution in [0.25, 0.3) is 0 Å². The van der Waals surface area contributed by atoms with Gasteiger partial charge in [0.15, 0.2) is 23.3 Å². The predicted molar refractivity (Wildman–Crippen MR) is 289 cm³/mol. The molecule has 1 aliphatic carbocycles. The summed E-state index contributed by atoms with van der Waals surface area (Å²) in [6.07, 6.45) is 11.1. The lowest BCUT2D eigenvalue weighted by Crippen LogP contribution is -2.41. The number of aromatic carboxylic acids is 1. The Hall–Kier alpha value is -10.4. The third-order valence-electron chi connectivity index (χ3n) is 13.2. The van der Waals surface area contributed by atoms with Crippen LogP contribution >= 0.6 is 0 Å². The second-order valence-corrected chi connectivity index (χ2v) is 19.7. The molecule has 1 aliphatic heterocycles. The number of rotatable bonds is 23. The van der Waals surface area contributed by atoms with E-state index in [1.807, 2.05) is 0 Å². The van der Waals surface area contributed by atoms with Crippen molar-refractivity contribution in [2.45, 2.75) is 38.3 Å². The minimum absolute atomic E-state index is 0.0247. The van der Waals surface area contributed by atoms with E-state index >= 15 is 0 Å². The highest BCUT2D eigenvalue weighted by atomic mass is 16.4. The van der Waals surface area contributed by atoms with E-state index < -0.39 is 64.8 Å². The monoisotopic (exact) mass is 1120 g/mol. The number of anilines is 5. The summed E-state index contributed by atoms with van der Waals surface area (Å²) >= 11 is 0. The van der Waals surface area contributed by atoms with Crippen molar-refractivity contribution >= 4 is 93.7 Å². The fraction of sp³-hybridized carbons (Fsp3) is 0.360. The number of carbonyl (C=O) groups is 10. The number of nitrogens with zero attached hydrogens (tertiary/aromatic N) is 11. The van der Waals surface area contributed by atoms with E-state index in [4.69, 9.17) is 0 Å². The number of carboxylic acid groups (broad SMARTS) is 1. The van der Waals surface area contributed by atoms with Gasteiger partial charge in [0.2, 0.25) is 29.4 Å². The van der Waals surface area contributed by atoms with Gasteiger partial charge in [-0.05, 0) is 36.5 Å². The zero-order chi connectivity index (χ0) is 58.4. The number of carboxylic acids is 1. The third kappa shape index (κ3) is 13.9. The SMILES string of the molecule is CN1CC(NC(=O)CC2(CNC(=O)c3cc(NC(=O)c4nc(NC(=O)CCNC(=O)c5cc(NC(=O)c6nccn6C)cn5C)cn4C)cn3C)CC2)N=C1C(=O)NCCC(=O)Nc1cc(C(=O)Nc2cn(C)c(C(=O)O)n2)n(C)c1. The van der Waals surface area contributed by atoms with Gasteiger partial charge in [-0.3, -0.25) is 43.2 Å². The summed E-state index contributed by atoms with van der Waals surface area (Å²) < 4.78 is 8.77. The van der Waals surface area contributed by atoms with E-state index in [1.165, 1.54) is 72.9 Å². The van der Waals surface area contributed by atoms with E-state index in [1.54, 1.807) is 70.3 Å². The fourth-order valence-corrected chi connectivity index (χ4v) is 8.83. The van der Waals surface area contributed by atoms with Crippen molar-refractivity contribution in [2.24, 2.45) is 52.7 Å². The van der Waals surface area contributed by atoms with E-state index in [0.717, 1.165) is 0 Å². The van der Waals surface area contributed by atoms with Crippen LogP contribution in [0.15, 0.2) is 66.6 Å². The standard InChI is InChI=1S/C50H60N20O11/c1-64-15-14-51-39(64)47(78)56-28-17-30(65(2)21-28)43(74)52-12-9-37(72)58-33-23-69(6)41(61-33)48(79)57-29-18-31(66(3)22-29)44(75)54-26-50(10-11-50)19-38(73)59-34-24-68(5)40(60-34)46(77)53-13-8-36(71)55-27-16-32(67(4)20-27)45(76)63-35-25-70(7)42(62-35)49(80)81/h14-18,20-23,25,34H,8-13,19,24,26H2,1-7H3,(H,52,74)(H,53,77)(H,54,75)(H,55,71)(H,56,78)(H,57,79)(H,58,72)(H,59,73)(H,63,76)(H,80,81). The Balaban J connectivity index is 0.728. The molecular formula is C50H60N20O11. The molecule has 6 aromatic rings. The summed E-state index contributed by atoms with van der Waals surface area (Å²) in [5.41, 5.74) is 1.14. The van der Waals surface area contributed by atoms with Gasteiger partial charge in [0.25, 0.3) is 35.4 Å². The summed E-state index contributed by atoms with van der Waals surface area (Å²) in [6.45, 7) is 0.340. The second kappa shape index (κ2) is 23.7. The number of amides is 9. The number of hydrogen-bond donors (Lipinski definition) is 10. The Labute approximate surface area is 460 Å². The molecule has 2 aliphatic rings. The average molecular weight is 1120 g/mol. The summed E-state index contributed by atoms with van der Waals surface area (Å²) in [5.74, 6) is -5.53. The number of aliphatic imine (C=N–C) groups is 1. The van der Waals surface area contributed by atoms with Gasteiger partial charge in [0.05, 0.1) is 23.6 Å². The first-order chi connectivity index (χ1) is 38.4. The van der Waals surface area contributed by atoms with Crippen LogP contribution in [0.1, 0.15) is 95.4 Å². The molecule has 0 radical (unpaired) electrons. The lowest BCUT2D eigenvalue weighted by Gasteiger charge is -2.18. The van der Waals surface area contributed by atoms with E-state index in [2.05, 4.69) is 67.8 Å². The lowest BCUT2D eigenvalue weighted by molar-refractivity contribution is -0.123. The maximum absolute atomic E-state index is 13.4. The molecule has 1 saturated carbocycles. The number of imidazole rings is 3. The maximum Gasteiger partial charge on any atom is 0.372 e. The maximum atomic E-state index is 13.4. The number of aryl methyl sites for hydroxylation is 6. The molecule has 0 spiro atoms. The minimum atomic E-state index is -1.26. The fourth-order valence-electron chi connectivity index (χ4n) is 8.83. The third-order valence-corrected chi connectivity index (χ3v) is 13.2. The summed E-state index contributed by atoms with van der Waals surface area (Å²) in [7, 11) is 11.2. The van der Waals surface area contributed by atoms with Crippen molar-refractivity contribution in [1.29, 1.82) is 0 Å². The number of aromatic nitrogens is 9. The molecular weight excluding hydrogens is 1060 g/mol. The molecule has 0 saturated heterocycles. The Bertz CT molecular complexity index is 3530. The number of hydrogen-bond acceptors (Lipinski definition) is 15. The summed E-state index contributed by atoms with van der Waals surface area (Å²) in [5, 5.41) is 33.6. The average Bonchev–Trinajstić information content (AvgIpc) is 4.36. The van der Waals surface area contributed by atoms with Crippen molar-refractivity contribution in [1.82, 2.24) is 68.5 Å². The normalized spacial score (nSPS) is 14.1. The highest BCUT2D eigenvalue weighted by Crippen LogP contribution is 2.48. The smallest absolute Gasteiger partial charge is 0.372 e. The predicted octanol–water partition coefficient (Wildman–Crippen LogP) is -0.0524. The molecule has 31 nitrogen and oxygen atoms in total. The second-order valence-electron chi connectivity index (χ2n) is 19.7. The molecule has 426 valence electrons. The van der Waals surface area contributed by atoms with Crippen LogP contribution in [0.3, 0.4) is 0 Å². The molecule has 0 aromatic carbocycles. The molecule has 9 amide bonds. The van der Waals surface area contributed by atoms with E-state index in [0.29, 0.717) is 29.9 Å². The van der Waals surface area contributed by atoms with Crippen molar-refractivity contribution < 1.29 is 53.1 Å². The highest BCUT2D eigenvalue weighted by Gasteiger charge is 2.45. The van der Waals surface area contributed by atoms with Gasteiger partial charge in [0, 0.05) is 132 Å². The molecule has 31 heteroatoms. The highest BCUT2D eigenvalue weighted by molar-refractivity contribution is 6.38. The van der Waals surface area contributed by atoms with Crippen molar-refractivity contribution in [3.05, 3.63) is 96.1 Å². The summed E-state index contributed by atoms with van der Waals surface area (Å²) in [6, 6.07) is 4.42. The van der Waals surface area contributed by atoms with Gasteiger partial charge in [-0.25, -0.2) is 24.7 Å². The molecule has 1 unspecified atom stereocenters. The zero-order valence-corrected chi connectivity index (χ0v) is 45.2.